The molecule has 0 aliphatic carbocycles. The normalized spacial score (nSPS) is 13.7. The van der Waals surface area contributed by atoms with E-state index in [0.717, 1.165) is 32.1 Å². The number of hydrogen-bond donors (Lipinski definition) is 0. The van der Waals surface area contributed by atoms with Crippen LogP contribution in [0.25, 0.3) is 0 Å². The fourth-order valence-corrected chi connectivity index (χ4v) is 16.0. The predicted molar refractivity (Wildman–Crippen MR) is 140 cm³/mol. The summed E-state index contributed by atoms with van der Waals surface area (Å²) in [5.41, 5.74) is 0. The zero-order valence-electron chi connectivity index (χ0n) is 21.4. The van der Waals surface area contributed by atoms with Crippen LogP contribution in [0.3, 0.4) is 0 Å². The lowest BCUT2D eigenvalue weighted by molar-refractivity contribution is 0.130. The first-order valence-corrected chi connectivity index (χ1v) is 22.4. The second-order valence-electron chi connectivity index (χ2n) is 5.73. The largest absolute Gasteiger partial charge is 0.635 e. The van der Waals surface area contributed by atoms with E-state index < -0.39 is 46.7 Å². The van der Waals surface area contributed by atoms with E-state index in [2.05, 4.69) is 39.7 Å². The second-order valence-corrected chi connectivity index (χ2v) is 16.8. The van der Waals surface area contributed by atoms with Crippen LogP contribution in [0.5, 0.6) is 0 Å². The quantitative estimate of drug-likeness (QED) is 0.252. The highest BCUT2D eigenvalue weighted by atomic mass is 28.5. The highest BCUT2D eigenvalue weighted by Crippen LogP contribution is 2.22. The standard InChI is InChI=1S/C12H36O5Si5.3C2H6/c1-7-8-10-13-11-9-12-21(5,6)17-22(14-18-2,15-19-3)16-20-4;3*1-2/h7-12,18-20H2,1-6H3;3*1-2H3. The Balaban J connectivity index is -0.000000434. The molecule has 0 heterocycles. The molecular weight excluding hydrogens is 437 g/mol. The lowest BCUT2D eigenvalue weighted by Crippen LogP contribution is -2.57. The lowest BCUT2D eigenvalue weighted by atomic mass is 10.4. The van der Waals surface area contributed by atoms with E-state index in [0.29, 0.717) is 0 Å². The molecule has 0 aromatic heterocycles. The highest BCUT2D eigenvalue weighted by molar-refractivity contribution is 6.82. The average Bonchev–Trinajstić information content (AvgIpc) is 2.69. The van der Waals surface area contributed by atoms with Crippen LogP contribution < -0.4 is 0 Å². The molecule has 5 nitrogen and oxygen atoms in total. The van der Waals surface area contributed by atoms with Gasteiger partial charge in [0.15, 0.2) is 37.6 Å². The van der Waals surface area contributed by atoms with Crippen molar-refractivity contribution in [1.82, 2.24) is 0 Å². The average molecular weight is 491 g/mol. The number of hydrogen-bond acceptors (Lipinski definition) is 5. The summed E-state index contributed by atoms with van der Waals surface area (Å²) in [7, 11) is -6.46. The molecule has 0 amide bonds. The molecule has 0 bridgehead atoms. The molecule has 0 aliphatic rings. The van der Waals surface area contributed by atoms with Gasteiger partial charge in [-0.25, -0.2) is 0 Å². The SMILES string of the molecule is CC.CC.CC.CCCCOCCC[Si](C)(C)O[Si](O[SiH2]C)(O[SiH2]C)O[SiH2]C. The lowest BCUT2D eigenvalue weighted by Gasteiger charge is -2.35. The van der Waals surface area contributed by atoms with Crippen molar-refractivity contribution < 1.29 is 21.2 Å². The Kier molecular flexibility index (Phi) is 36.1. The zero-order valence-corrected chi connectivity index (χ0v) is 27.6. The van der Waals surface area contributed by atoms with E-state index in [9.17, 15) is 0 Å². The van der Waals surface area contributed by atoms with E-state index in [-0.39, 0.29) is 0 Å². The number of unbranched alkanes of at least 4 members (excludes halogenated alkanes) is 1. The molecule has 0 unspecified atom stereocenters. The van der Waals surface area contributed by atoms with E-state index in [4.69, 9.17) is 21.2 Å². The van der Waals surface area contributed by atoms with Crippen LogP contribution >= 0.6 is 0 Å². The molecule has 0 rings (SSSR count). The van der Waals surface area contributed by atoms with Gasteiger partial charge in [0.2, 0.25) is 0 Å². The van der Waals surface area contributed by atoms with E-state index in [1.54, 1.807) is 0 Å². The molecule has 0 atom stereocenters. The van der Waals surface area contributed by atoms with Gasteiger partial charge >= 0.3 is 9.05 Å². The van der Waals surface area contributed by atoms with Crippen LogP contribution in [0.1, 0.15) is 67.7 Å². The minimum atomic E-state index is -2.81. The van der Waals surface area contributed by atoms with Crippen molar-refractivity contribution in [3.05, 3.63) is 0 Å². The van der Waals surface area contributed by atoms with E-state index in [1.165, 1.54) is 6.42 Å². The van der Waals surface area contributed by atoms with Gasteiger partial charge in [0.05, 0.1) is 0 Å². The van der Waals surface area contributed by atoms with Gasteiger partial charge in [-0.3, -0.25) is 0 Å². The Morgan fingerprint density at radius 2 is 1.07 bits per heavy atom. The van der Waals surface area contributed by atoms with Gasteiger partial charge in [-0.15, -0.1) is 0 Å². The minimum Gasteiger partial charge on any atom is -0.402 e. The Hall–Kier alpha value is 0.884. The summed E-state index contributed by atoms with van der Waals surface area (Å²) in [5, 5.41) is 0. The molecule has 0 aromatic carbocycles. The maximum absolute atomic E-state index is 6.43. The molecule has 0 saturated heterocycles. The third kappa shape index (κ3) is 23.2. The van der Waals surface area contributed by atoms with Crippen LogP contribution in [0.2, 0.25) is 38.8 Å². The molecule has 0 radical (unpaired) electrons. The van der Waals surface area contributed by atoms with Gasteiger partial charge in [-0.2, -0.15) is 0 Å². The summed E-state index contributed by atoms with van der Waals surface area (Å²) in [4.78, 5) is 0. The van der Waals surface area contributed by atoms with Crippen molar-refractivity contribution in [2.24, 2.45) is 0 Å². The second kappa shape index (κ2) is 27.9. The molecule has 0 saturated carbocycles. The van der Waals surface area contributed by atoms with Crippen LogP contribution in [0, 0.1) is 0 Å². The van der Waals surface area contributed by atoms with Crippen molar-refractivity contribution in [3.8, 4) is 0 Å². The third-order valence-electron chi connectivity index (χ3n) is 3.07. The van der Waals surface area contributed by atoms with Gasteiger partial charge in [-0.1, -0.05) is 74.5 Å². The third-order valence-corrected chi connectivity index (χ3v) is 15.5. The Bertz CT molecular complexity index is 258. The Morgan fingerprint density at radius 1 is 0.679 bits per heavy atom. The fourth-order valence-electron chi connectivity index (χ4n) is 2.08. The Labute approximate surface area is 187 Å². The molecule has 176 valence electrons. The minimum absolute atomic E-state index is 0.604. The zero-order chi connectivity index (χ0) is 22.9. The van der Waals surface area contributed by atoms with Crippen LogP contribution in [0.4, 0.5) is 0 Å². The van der Waals surface area contributed by atoms with Gasteiger partial charge in [0.1, 0.15) is 0 Å². The van der Waals surface area contributed by atoms with Gasteiger partial charge in [0.25, 0.3) is 0 Å². The molecular formula is C18H54O5Si5. The Morgan fingerprint density at radius 3 is 1.43 bits per heavy atom. The summed E-state index contributed by atoms with van der Waals surface area (Å²) in [6.07, 6.45) is 3.38. The molecule has 0 aliphatic heterocycles. The van der Waals surface area contributed by atoms with Crippen molar-refractivity contribution >= 4 is 46.7 Å². The fraction of sp³-hybridized carbons (Fsp3) is 1.00. The molecule has 0 fully saturated rings. The number of ether oxygens (including phenoxy) is 1. The van der Waals surface area contributed by atoms with Crippen molar-refractivity contribution in [3.63, 3.8) is 0 Å². The summed E-state index contributed by atoms with van der Waals surface area (Å²) in [6, 6.07) is 1.06. The summed E-state index contributed by atoms with van der Waals surface area (Å²) >= 11 is 0. The maximum atomic E-state index is 6.43. The van der Waals surface area contributed by atoms with Crippen LogP contribution in [-0.4, -0.2) is 59.9 Å². The number of rotatable bonds is 15. The van der Waals surface area contributed by atoms with Crippen molar-refractivity contribution in [2.45, 2.75) is 107 Å². The monoisotopic (exact) mass is 490 g/mol. The van der Waals surface area contributed by atoms with Crippen molar-refractivity contribution in [1.29, 1.82) is 0 Å². The van der Waals surface area contributed by atoms with Crippen LogP contribution in [-0.2, 0) is 21.2 Å². The smallest absolute Gasteiger partial charge is 0.402 e. The summed E-state index contributed by atoms with van der Waals surface area (Å²) < 4.78 is 30.1. The maximum Gasteiger partial charge on any atom is 0.635 e. The highest BCUT2D eigenvalue weighted by Gasteiger charge is 2.47. The summed E-state index contributed by atoms with van der Waals surface area (Å²) in [5.74, 6) is 0. The first kappa shape index (κ1) is 36.3. The molecule has 0 N–H and O–H groups in total. The van der Waals surface area contributed by atoms with Gasteiger partial charge in [0, 0.05) is 13.2 Å². The van der Waals surface area contributed by atoms with E-state index in [1.807, 2.05) is 41.5 Å². The first-order chi connectivity index (χ1) is 13.4. The van der Waals surface area contributed by atoms with E-state index >= 15 is 0 Å². The molecule has 0 aromatic rings. The van der Waals surface area contributed by atoms with Gasteiger partial charge in [-0.05, 0) is 32.0 Å². The molecule has 0 spiro atoms. The van der Waals surface area contributed by atoms with Gasteiger partial charge < -0.3 is 21.2 Å². The summed E-state index contributed by atoms with van der Waals surface area (Å²) in [6.45, 7) is 26.7. The van der Waals surface area contributed by atoms with Crippen molar-refractivity contribution in [2.75, 3.05) is 13.2 Å². The molecule has 10 heteroatoms. The predicted octanol–water partition coefficient (Wildman–Crippen LogP) is 4.37. The molecule has 28 heavy (non-hydrogen) atoms. The topological polar surface area (TPSA) is 46.2 Å². The first-order valence-electron chi connectivity index (χ1n) is 11.6. The van der Waals surface area contributed by atoms with Crippen LogP contribution in [0.15, 0.2) is 0 Å².